The lowest BCUT2D eigenvalue weighted by molar-refractivity contribution is 0.218. The molecule has 2 aliphatic heterocycles. The largest absolute Gasteiger partial charge is 0.480 e. The fourth-order valence-corrected chi connectivity index (χ4v) is 5.10. The summed E-state index contributed by atoms with van der Waals surface area (Å²) in [5.74, 6) is 0.923. The average Bonchev–Trinajstić information content (AvgIpc) is 3.26. The average molecular weight is 491 g/mol. The predicted molar refractivity (Wildman–Crippen MR) is 133 cm³/mol. The zero-order valence-electron chi connectivity index (χ0n) is 18.4. The number of nitrogens with zero attached hydrogens (tertiary/aromatic N) is 3. The molecule has 0 radical (unpaired) electrons. The minimum atomic E-state index is -0.668. The van der Waals surface area contributed by atoms with E-state index in [9.17, 15) is 0 Å². The van der Waals surface area contributed by atoms with E-state index < -0.39 is 6.10 Å². The van der Waals surface area contributed by atoms with E-state index in [2.05, 4.69) is 34.6 Å². The zero-order chi connectivity index (χ0) is 23.4. The summed E-state index contributed by atoms with van der Waals surface area (Å²) < 4.78 is 23.5. The molecule has 5 nitrogen and oxygen atoms in total. The number of aromatic nitrogens is 3. The van der Waals surface area contributed by atoms with Crippen molar-refractivity contribution < 1.29 is 9.13 Å². The Morgan fingerprint density at radius 1 is 1.09 bits per heavy atom. The van der Waals surface area contributed by atoms with Gasteiger partial charge >= 0.3 is 0 Å². The number of hydrogen-bond acceptors (Lipinski definition) is 5. The first kappa shape index (κ1) is 21.3. The molecule has 0 spiro atoms. The molecule has 0 unspecified atom stereocenters. The van der Waals surface area contributed by atoms with Crippen molar-refractivity contribution >= 4 is 35.0 Å². The Kier molecular flexibility index (Phi) is 5.12. The van der Waals surface area contributed by atoms with Crippen molar-refractivity contribution in [1.29, 1.82) is 0 Å². The van der Waals surface area contributed by atoms with Gasteiger partial charge < -0.3 is 10.1 Å². The highest BCUT2D eigenvalue weighted by atomic mass is 35.5. The number of hydrogen-bond donors (Lipinski definition) is 1. The molecule has 34 heavy (non-hydrogen) atoms. The van der Waals surface area contributed by atoms with Gasteiger partial charge in [-0.05, 0) is 43.0 Å². The monoisotopic (exact) mass is 490 g/mol. The van der Waals surface area contributed by atoms with Crippen LogP contribution in [0.4, 0.5) is 10.3 Å². The highest BCUT2D eigenvalue weighted by Gasteiger charge is 2.42. The molecule has 3 aromatic carbocycles. The second-order valence-corrected chi connectivity index (χ2v) is 9.50. The summed E-state index contributed by atoms with van der Waals surface area (Å²) in [4.78, 5) is 4.69. The Morgan fingerprint density at radius 2 is 1.88 bits per heavy atom. The van der Waals surface area contributed by atoms with E-state index in [1.807, 2.05) is 36.1 Å². The molecule has 2 aliphatic rings. The van der Waals surface area contributed by atoms with Crippen LogP contribution in [0.2, 0.25) is 5.02 Å². The van der Waals surface area contributed by atoms with Gasteiger partial charge in [0.2, 0.25) is 11.1 Å². The van der Waals surface area contributed by atoms with Gasteiger partial charge in [-0.1, -0.05) is 71.4 Å². The van der Waals surface area contributed by atoms with Gasteiger partial charge in [0, 0.05) is 21.7 Å². The third-order valence-electron chi connectivity index (χ3n) is 6.18. The lowest BCUT2D eigenvalue weighted by atomic mass is 9.84. The van der Waals surface area contributed by atoms with Crippen molar-refractivity contribution in [3.63, 3.8) is 0 Å². The van der Waals surface area contributed by atoms with Crippen LogP contribution in [0.15, 0.2) is 77.5 Å². The molecule has 0 saturated heterocycles. The quantitative estimate of drug-likeness (QED) is 0.325. The molecule has 0 saturated carbocycles. The normalized spacial score (nSPS) is 18.5. The summed E-state index contributed by atoms with van der Waals surface area (Å²) in [5, 5.41) is 9.46. The molecule has 0 amide bonds. The van der Waals surface area contributed by atoms with E-state index in [0.29, 0.717) is 27.4 Å². The van der Waals surface area contributed by atoms with Crippen molar-refractivity contribution in [3.05, 3.63) is 105 Å². The molecule has 0 fully saturated rings. The van der Waals surface area contributed by atoms with Crippen LogP contribution in [0.5, 0.6) is 5.75 Å². The smallest absolute Gasteiger partial charge is 0.227 e. The molecule has 4 aromatic rings. The number of anilines is 1. The van der Waals surface area contributed by atoms with Crippen LogP contribution >= 0.6 is 23.4 Å². The zero-order valence-corrected chi connectivity index (χ0v) is 20.0. The number of rotatable bonds is 3. The van der Waals surface area contributed by atoms with Gasteiger partial charge in [0.1, 0.15) is 17.6 Å². The van der Waals surface area contributed by atoms with E-state index in [-0.39, 0.29) is 11.9 Å². The van der Waals surface area contributed by atoms with E-state index in [1.165, 1.54) is 17.8 Å². The van der Waals surface area contributed by atoms with Gasteiger partial charge in [-0.3, -0.25) is 0 Å². The highest BCUT2D eigenvalue weighted by molar-refractivity contribution is 7.98. The number of thioether (sulfide) groups is 1. The molecular weight excluding hydrogens is 471 g/mol. The lowest BCUT2D eigenvalue weighted by Gasteiger charge is -2.39. The Hall–Kier alpha value is -3.29. The van der Waals surface area contributed by atoms with E-state index in [1.54, 1.807) is 18.2 Å². The van der Waals surface area contributed by atoms with Gasteiger partial charge in [-0.25, -0.2) is 9.07 Å². The number of aryl methyl sites for hydroxylation is 1. The topological polar surface area (TPSA) is 52.0 Å². The molecule has 170 valence electrons. The number of fused-ring (bicyclic) bond motifs is 3. The number of halogens is 2. The van der Waals surface area contributed by atoms with Gasteiger partial charge in [-0.15, -0.1) is 5.10 Å². The summed E-state index contributed by atoms with van der Waals surface area (Å²) in [6, 6.07) is 20.1. The molecule has 1 N–H and O–H groups in total. The van der Waals surface area contributed by atoms with Crippen molar-refractivity contribution in [2.45, 2.75) is 24.2 Å². The second-order valence-electron chi connectivity index (χ2n) is 8.30. The summed E-state index contributed by atoms with van der Waals surface area (Å²) in [6.07, 6.45) is 1.27. The van der Waals surface area contributed by atoms with Crippen LogP contribution in [0, 0.1) is 12.7 Å². The molecular formula is C26H20ClFN4OS. The molecule has 1 aromatic heterocycles. The fraction of sp³-hybridized carbons (Fsp3) is 0.154. The van der Waals surface area contributed by atoms with Gasteiger partial charge in [0.05, 0.1) is 5.70 Å². The van der Waals surface area contributed by atoms with Gasteiger partial charge in [0.25, 0.3) is 0 Å². The minimum Gasteiger partial charge on any atom is -0.480 e. The van der Waals surface area contributed by atoms with E-state index in [4.69, 9.17) is 21.4 Å². The third-order valence-corrected chi connectivity index (χ3v) is 6.95. The maximum Gasteiger partial charge on any atom is 0.227 e. The maximum atomic E-state index is 15.1. The summed E-state index contributed by atoms with van der Waals surface area (Å²) in [7, 11) is 0. The van der Waals surface area contributed by atoms with Crippen LogP contribution in [0.1, 0.15) is 34.4 Å². The van der Waals surface area contributed by atoms with Crippen molar-refractivity contribution in [3.8, 4) is 5.75 Å². The molecule has 2 atom stereocenters. The van der Waals surface area contributed by atoms with Gasteiger partial charge in [-0.2, -0.15) is 4.98 Å². The van der Waals surface area contributed by atoms with Crippen molar-refractivity contribution in [1.82, 2.24) is 14.8 Å². The van der Waals surface area contributed by atoms with Crippen LogP contribution in [-0.2, 0) is 0 Å². The Labute approximate surface area is 205 Å². The summed E-state index contributed by atoms with van der Waals surface area (Å²) in [6.45, 7) is 2.05. The molecule has 8 heteroatoms. The van der Waals surface area contributed by atoms with E-state index in [0.717, 1.165) is 28.0 Å². The number of ether oxygens (including phenoxy) is 1. The molecule has 0 bridgehead atoms. The molecule has 6 rings (SSSR count). The number of benzene rings is 3. The standard InChI is InChI=1S/C26H20ClFN4OS/c1-14-7-9-15(10-8-14)23-21-22(29-25-30-26(34-2)31-32(23)25)18-13-16(27)11-12-20(18)33-24(21)17-5-3-4-6-19(17)28/h3-13,23-24H,1-2H3,(H,29,30,31)/t23-,24-/m1/s1. The SMILES string of the molecule is CSc1nc2n(n1)[C@H](c1ccc(C)cc1)C1=C(N2)c2cc(Cl)ccc2O[C@@H]1c1ccccc1F. The number of nitrogens with one attached hydrogen (secondary N) is 1. The molecule has 3 heterocycles. The second kappa shape index (κ2) is 8.18. The summed E-state index contributed by atoms with van der Waals surface area (Å²) >= 11 is 7.85. The van der Waals surface area contributed by atoms with Crippen LogP contribution in [0.3, 0.4) is 0 Å². The van der Waals surface area contributed by atoms with Crippen LogP contribution in [-0.4, -0.2) is 21.0 Å². The highest BCUT2D eigenvalue weighted by Crippen LogP contribution is 2.51. The van der Waals surface area contributed by atoms with Gasteiger partial charge in [0.15, 0.2) is 6.10 Å². The first-order valence-corrected chi connectivity index (χ1v) is 12.4. The molecule has 0 aliphatic carbocycles. The maximum absolute atomic E-state index is 15.1. The summed E-state index contributed by atoms with van der Waals surface area (Å²) in [5.41, 5.74) is 5.10. The first-order valence-electron chi connectivity index (χ1n) is 10.8. The minimum absolute atomic E-state index is 0.325. The van der Waals surface area contributed by atoms with Crippen molar-refractivity contribution in [2.24, 2.45) is 0 Å². The van der Waals surface area contributed by atoms with Crippen LogP contribution in [0.25, 0.3) is 5.70 Å². The third kappa shape index (κ3) is 3.38. The Balaban J connectivity index is 1.66. The predicted octanol–water partition coefficient (Wildman–Crippen LogP) is 6.66. The van der Waals surface area contributed by atoms with Crippen molar-refractivity contribution in [2.75, 3.05) is 11.6 Å². The Bertz CT molecular complexity index is 1450. The first-order chi connectivity index (χ1) is 16.5. The fourth-order valence-electron chi connectivity index (χ4n) is 4.58. The Morgan fingerprint density at radius 3 is 2.65 bits per heavy atom. The lowest BCUT2D eigenvalue weighted by Crippen LogP contribution is -2.32. The van der Waals surface area contributed by atoms with E-state index >= 15 is 4.39 Å². The van der Waals surface area contributed by atoms with Crippen LogP contribution < -0.4 is 10.1 Å².